The Kier molecular flexibility index (Phi) is 5.15. The highest BCUT2D eigenvalue weighted by Crippen LogP contribution is 2.37. The summed E-state index contributed by atoms with van der Waals surface area (Å²) in [5.41, 5.74) is 3.52. The third kappa shape index (κ3) is 3.64. The summed E-state index contributed by atoms with van der Waals surface area (Å²) >= 11 is 1.82. The predicted molar refractivity (Wildman–Crippen MR) is 101 cm³/mol. The molecule has 25 heavy (non-hydrogen) atoms. The summed E-state index contributed by atoms with van der Waals surface area (Å²) in [6.45, 7) is 3.93. The minimum atomic E-state index is -0.376. The van der Waals surface area contributed by atoms with Crippen molar-refractivity contribution in [1.82, 2.24) is 14.7 Å². The highest BCUT2D eigenvalue weighted by atomic mass is 32.2. The lowest BCUT2D eigenvalue weighted by Gasteiger charge is -2.29. The second-order valence-corrected chi connectivity index (χ2v) is 8.14. The van der Waals surface area contributed by atoms with Crippen LogP contribution < -0.4 is 0 Å². The Morgan fingerprint density at radius 3 is 2.84 bits per heavy atom. The number of aliphatic hydroxyl groups excluding tert-OH is 1. The molecule has 1 aromatic heterocycles. The molecule has 0 unspecified atom stereocenters. The fourth-order valence-electron chi connectivity index (χ4n) is 3.90. The first kappa shape index (κ1) is 17.1. The van der Waals surface area contributed by atoms with Crippen LogP contribution in [-0.2, 0) is 19.6 Å². The van der Waals surface area contributed by atoms with E-state index in [0.29, 0.717) is 5.92 Å². The SMILES string of the molecule is CSc1ccccc1CN1CCCn2nc([C@H](O)C3CCC3)cc2C1. The monoisotopic (exact) mass is 357 g/mol. The Morgan fingerprint density at radius 1 is 1.24 bits per heavy atom. The van der Waals surface area contributed by atoms with E-state index in [2.05, 4.69) is 46.2 Å². The van der Waals surface area contributed by atoms with Gasteiger partial charge in [-0.2, -0.15) is 5.10 Å². The van der Waals surface area contributed by atoms with E-state index in [1.54, 1.807) is 0 Å². The highest BCUT2D eigenvalue weighted by Gasteiger charge is 2.29. The van der Waals surface area contributed by atoms with Crippen molar-refractivity contribution in [1.29, 1.82) is 0 Å². The first-order valence-corrected chi connectivity index (χ1v) is 10.6. The Hall–Kier alpha value is -1.30. The predicted octanol–water partition coefficient (Wildman–Crippen LogP) is 3.84. The summed E-state index contributed by atoms with van der Waals surface area (Å²) in [6.07, 6.45) is 6.40. The fraction of sp³-hybridized carbons (Fsp3) is 0.550. The standard InChI is InChI=1S/C20H27N3OS/c1-25-19-9-3-2-6-16(19)13-22-10-5-11-23-17(14-22)12-18(21-23)20(24)15-7-4-8-15/h2-3,6,9,12,15,20,24H,4-5,7-8,10-11,13-14H2,1H3/t20-/m1/s1. The van der Waals surface area contributed by atoms with Gasteiger partial charge >= 0.3 is 0 Å². The molecule has 0 saturated heterocycles. The number of fused-ring (bicyclic) bond motifs is 1. The first-order chi connectivity index (χ1) is 12.2. The van der Waals surface area contributed by atoms with Crippen molar-refractivity contribution < 1.29 is 5.11 Å². The van der Waals surface area contributed by atoms with Gasteiger partial charge in [0.15, 0.2) is 0 Å². The molecule has 1 N–H and O–H groups in total. The number of thioether (sulfide) groups is 1. The van der Waals surface area contributed by atoms with Gasteiger partial charge in [0, 0.05) is 31.1 Å². The van der Waals surface area contributed by atoms with Gasteiger partial charge in [-0.1, -0.05) is 24.6 Å². The second kappa shape index (κ2) is 7.52. The summed E-state index contributed by atoms with van der Waals surface area (Å²) in [5.74, 6) is 0.420. The lowest BCUT2D eigenvalue weighted by Crippen LogP contribution is -2.23. The number of hydrogen-bond acceptors (Lipinski definition) is 4. The molecule has 1 fully saturated rings. The van der Waals surface area contributed by atoms with Crippen LogP contribution in [0.5, 0.6) is 0 Å². The maximum Gasteiger partial charge on any atom is 0.101 e. The average molecular weight is 358 g/mol. The zero-order chi connectivity index (χ0) is 17.2. The van der Waals surface area contributed by atoms with Crippen molar-refractivity contribution in [3.63, 3.8) is 0 Å². The van der Waals surface area contributed by atoms with Crippen LogP contribution in [0.25, 0.3) is 0 Å². The Labute approximate surface area is 154 Å². The van der Waals surface area contributed by atoms with Gasteiger partial charge in [-0.3, -0.25) is 9.58 Å². The molecule has 0 amide bonds. The summed E-state index contributed by atoms with van der Waals surface area (Å²) in [5, 5.41) is 15.3. The van der Waals surface area contributed by atoms with Crippen molar-refractivity contribution >= 4 is 11.8 Å². The molecule has 4 rings (SSSR count). The molecule has 1 aliphatic carbocycles. The summed E-state index contributed by atoms with van der Waals surface area (Å²) in [7, 11) is 0. The van der Waals surface area contributed by atoms with Crippen LogP contribution in [0.2, 0.25) is 0 Å². The molecule has 1 aromatic carbocycles. The lowest BCUT2D eigenvalue weighted by atomic mass is 9.80. The maximum absolute atomic E-state index is 10.5. The number of benzene rings is 1. The van der Waals surface area contributed by atoms with Gasteiger partial charge in [0.25, 0.3) is 0 Å². The van der Waals surface area contributed by atoms with Gasteiger partial charge < -0.3 is 5.11 Å². The molecular weight excluding hydrogens is 330 g/mol. The minimum Gasteiger partial charge on any atom is -0.386 e. The van der Waals surface area contributed by atoms with E-state index in [4.69, 9.17) is 5.10 Å². The molecule has 2 heterocycles. The molecule has 4 nitrogen and oxygen atoms in total. The fourth-order valence-corrected chi connectivity index (χ4v) is 4.51. The van der Waals surface area contributed by atoms with Gasteiger partial charge in [-0.25, -0.2) is 0 Å². The highest BCUT2D eigenvalue weighted by molar-refractivity contribution is 7.98. The third-order valence-electron chi connectivity index (χ3n) is 5.60. The number of hydrogen-bond donors (Lipinski definition) is 1. The van der Waals surface area contributed by atoms with Crippen LogP contribution in [0.15, 0.2) is 35.2 Å². The van der Waals surface area contributed by atoms with Crippen molar-refractivity contribution in [2.45, 2.75) is 56.3 Å². The number of aliphatic hydroxyl groups is 1. The zero-order valence-electron chi connectivity index (χ0n) is 14.9. The van der Waals surface area contributed by atoms with Crippen molar-refractivity contribution in [2.75, 3.05) is 12.8 Å². The van der Waals surface area contributed by atoms with E-state index in [-0.39, 0.29) is 6.10 Å². The van der Waals surface area contributed by atoms with Crippen LogP contribution in [0, 0.1) is 5.92 Å². The number of nitrogens with zero attached hydrogens (tertiary/aromatic N) is 3. The van der Waals surface area contributed by atoms with Crippen LogP contribution in [0.3, 0.4) is 0 Å². The van der Waals surface area contributed by atoms with E-state index < -0.39 is 0 Å². The van der Waals surface area contributed by atoms with Crippen molar-refractivity contribution in [3.8, 4) is 0 Å². The van der Waals surface area contributed by atoms with Crippen LogP contribution in [0.1, 0.15) is 48.7 Å². The molecule has 134 valence electrons. The van der Waals surface area contributed by atoms with Gasteiger partial charge in [-0.15, -0.1) is 11.8 Å². The Balaban J connectivity index is 1.49. The lowest BCUT2D eigenvalue weighted by molar-refractivity contribution is 0.0581. The van der Waals surface area contributed by atoms with Crippen LogP contribution >= 0.6 is 11.8 Å². The Morgan fingerprint density at radius 2 is 2.08 bits per heavy atom. The molecule has 0 bridgehead atoms. The summed E-state index contributed by atoms with van der Waals surface area (Å²) in [4.78, 5) is 3.87. The molecule has 5 heteroatoms. The molecule has 0 radical (unpaired) electrons. The zero-order valence-corrected chi connectivity index (χ0v) is 15.7. The van der Waals surface area contributed by atoms with Gasteiger partial charge in [0.05, 0.1) is 11.4 Å². The van der Waals surface area contributed by atoms with E-state index >= 15 is 0 Å². The second-order valence-electron chi connectivity index (χ2n) is 7.30. The molecule has 2 aliphatic rings. The molecule has 2 aromatic rings. The van der Waals surface area contributed by atoms with Crippen LogP contribution in [0.4, 0.5) is 0 Å². The molecule has 1 aliphatic heterocycles. The maximum atomic E-state index is 10.5. The topological polar surface area (TPSA) is 41.3 Å². The number of rotatable bonds is 5. The van der Waals surface area contributed by atoms with E-state index in [1.165, 1.54) is 22.6 Å². The summed E-state index contributed by atoms with van der Waals surface area (Å²) < 4.78 is 2.12. The van der Waals surface area contributed by atoms with Crippen LogP contribution in [-0.4, -0.2) is 32.6 Å². The van der Waals surface area contributed by atoms with E-state index in [1.807, 2.05) is 11.8 Å². The average Bonchev–Trinajstić information content (AvgIpc) is 2.87. The quantitative estimate of drug-likeness (QED) is 0.826. The number of aryl methyl sites for hydroxylation is 1. The van der Waals surface area contributed by atoms with Gasteiger partial charge in [0.2, 0.25) is 0 Å². The minimum absolute atomic E-state index is 0.376. The Bertz CT molecular complexity index is 725. The van der Waals surface area contributed by atoms with Crippen molar-refractivity contribution in [3.05, 3.63) is 47.3 Å². The van der Waals surface area contributed by atoms with E-state index in [9.17, 15) is 5.11 Å². The summed E-state index contributed by atoms with van der Waals surface area (Å²) in [6, 6.07) is 10.8. The molecule has 1 atom stereocenters. The molecule has 1 saturated carbocycles. The number of aromatic nitrogens is 2. The molecule has 0 spiro atoms. The van der Waals surface area contributed by atoms with Gasteiger partial charge in [-0.05, 0) is 49.1 Å². The van der Waals surface area contributed by atoms with Crippen molar-refractivity contribution in [2.24, 2.45) is 5.92 Å². The smallest absolute Gasteiger partial charge is 0.101 e. The first-order valence-electron chi connectivity index (χ1n) is 9.33. The van der Waals surface area contributed by atoms with E-state index in [0.717, 1.165) is 51.1 Å². The third-order valence-corrected chi connectivity index (χ3v) is 6.44. The van der Waals surface area contributed by atoms with Gasteiger partial charge in [0.1, 0.15) is 6.10 Å². The normalized spacial score (nSPS) is 19.9. The molecular formula is C20H27N3OS. The largest absolute Gasteiger partial charge is 0.386 e.